The largest absolute Gasteiger partial charge is 0.467 e. The first-order valence-corrected chi connectivity index (χ1v) is 4.15. The number of methoxy groups -OCH3 is 1. The second-order valence-electron chi connectivity index (χ2n) is 2.89. The van der Waals surface area contributed by atoms with Gasteiger partial charge in [-0.3, -0.25) is 4.98 Å². The van der Waals surface area contributed by atoms with Crippen LogP contribution in [0, 0.1) is 0 Å². The first-order valence-electron chi connectivity index (χ1n) is 4.15. The number of ether oxygens (including phenoxy) is 1. The Morgan fingerprint density at radius 3 is 2.69 bits per heavy atom. The quantitative estimate of drug-likeness (QED) is 0.785. The summed E-state index contributed by atoms with van der Waals surface area (Å²) in [7, 11) is 0.967. The molecule has 1 heterocycles. The Hall–Kier alpha value is -1.63. The molecule has 0 radical (unpaired) electrons. The molecule has 0 fully saturated rings. The fourth-order valence-corrected chi connectivity index (χ4v) is 1.12. The van der Waals surface area contributed by atoms with E-state index in [-0.39, 0.29) is 0 Å². The monoisotopic (exact) mass is 235 g/mol. The van der Waals surface area contributed by atoms with Gasteiger partial charge in [0.25, 0.3) is 0 Å². The van der Waals surface area contributed by atoms with Gasteiger partial charge in [-0.15, -0.1) is 0 Å². The molecule has 1 rings (SSSR count). The fraction of sp³-hybridized carbons (Fsp3) is 0.333. The van der Waals surface area contributed by atoms with Crippen LogP contribution in [0.15, 0.2) is 18.5 Å². The Morgan fingerprint density at radius 2 is 2.19 bits per heavy atom. The van der Waals surface area contributed by atoms with E-state index in [2.05, 4.69) is 9.72 Å². The number of alkyl halides is 3. The first-order chi connectivity index (χ1) is 7.38. The molecule has 0 aromatic carbocycles. The molecule has 1 atom stereocenters. The van der Waals surface area contributed by atoms with Gasteiger partial charge in [0, 0.05) is 18.0 Å². The zero-order valence-corrected chi connectivity index (χ0v) is 8.15. The number of nitrogens with zero attached hydrogens (tertiary/aromatic N) is 1. The first kappa shape index (κ1) is 12.4. The van der Waals surface area contributed by atoms with Crippen LogP contribution in [0.5, 0.6) is 0 Å². The van der Waals surface area contributed by atoms with Crippen LogP contribution in [0.2, 0.25) is 0 Å². The summed E-state index contributed by atoms with van der Waals surface area (Å²) in [6.45, 7) is 0. The molecule has 88 valence electrons. The maximum atomic E-state index is 12.5. The minimum absolute atomic E-state index is 0.623. The molecule has 4 nitrogen and oxygen atoms in total. The topological polar surface area (TPSA) is 59.4 Å². The molecule has 0 saturated heterocycles. The molecule has 0 aliphatic heterocycles. The second-order valence-corrected chi connectivity index (χ2v) is 2.89. The molecule has 1 aromatic rings. The predicted octanol–water partition coefficient (Wildman–Crippen LogP) is 1.31. The number of aliphatic hydroxyl groups excluding tert-OH is 1. The molecule has 7 heteroatoms. The number of hydrogen-bond acceptors (Lipinski definition) is 4. The van der Waals surface area contributed by atoms with E-state index < -0.39 is 29.4 Å². The van der Waals surface area contributed by atoms with Crippen LogP contribution < -0.4 is 0 Å². The summed E-state index contributed by atoms with van der Waals surface area (Å²) in [5.74, 6) is -1.17. The lowest BCUT2D eigenvalue weighted by molar-refractivity contribution is -0.152. The number of hydrogen-bond donors (Lipinski definition) is 1. The summed E-state index contributed by atoms with van der Waals surface area (Å²) in [4.78, 5) is 14.4. The Labute approximate surface area is 88.7 Å². The van der Waals surface area contributed by atoms with Gasteiger partial charge in [0.1, 0.15) is 0 Å². The van der Waals surface area contributed by atoms with Crippen LogP contribution in [0.4, 0.5) is 13.2 Å². The standard InChI is InChI=1S/C9H8F3NO3/c1-16-8(15)7(14)5-4-13-3-2-6(5)9(10,11)12/h2-4,7,14H,1H3. The number of esters is 1. The number of halogens is 3. The second kappa shape index (κ2) is 4.48. The van der Waals surface area contributed by atoms with Crippen molar-refractivity contribution in [3.8, 4) is 0 Å². The minimum atomic E-state index is -4.66. The van der Waals surface area contributed by atoms with Gasteiger partial charge >= 0.3 is 12.1 Å². The van der Waals surface area contributed by atoms with Crippen molar-refractivity contribution in [2.75, 3.05) is 7.11 Å². The highest BCUT2D eigenvalue weighted by Crippen LogP contribution is 2.34. The number of carbonyl (C=O) groups excluding carboxylic acids is 1. The predicted molar refractivity (Wildman–Crippen MR) is 46.2 cm³/mol. The highest BCUT2D eigenvalue weighted by Gasteiger charge is 2.36. The molecule has 0 saturated carbocycles. The van der Waals surface area contributed by atoms with E-state index in [0.29, 0.717) is 6.07 Å². The van der Waals surface area contributed by atoms with Gasteiger partial charge in [-0.1, -0.05) is 0 Å². The zero-order valence-electron chi connectivity index (χ0n) is 8.15. The van der Waals surface area contributed by atoms with E-state index in [0.717, 1.165) is 19.5 Å². The number of aliphatic hydroxyl groups is 1. The molecule has 1 unspecified atom stereocenters. The third kappa shape index (κ3) is 2.48. The lowest BCUT2D eigenvalue weighted by Gasteiger charge is -2.14. The van der Waals surface area contributed by atoms with Crippen LogP contribution in [0.3, 0.4) is 0 Å². The van der Waals surface area contributed by atoms with Crippen molar-refractivity contribution in [3.05, 3.63) is 29.6 Å². The summed E-state index contributed by atoms with van der Waals surface area (Å²) in [6, 6.07) is 0.682. The van der Waals surface area contributed by atoms with Crippen molar-refractivity contribution in [2.45, 2.75) is 12.3 Å². The van der Waals surface area contributed by atoms with E-state index in [1.165, 1.54) is 0 Å². The van der Waals surface area contributed by atoms with Gasteiger partial charge < -0.3 is 9.84 Å². The molecular formula is C9H8F3NO3. The summed E-state index contributed by atoms with van der Waals surface area (Å²) >= 11 is 0. The van der Waals surface area contributed by atoms with Gasteiger partial charge in [0.15, 0.2) is 6.10 Å². The Bertz CT molecular complexity index is 392. The highest BCUT2D eigenvalue weighted by molar-refractivity contribution is 5.76. The van der Waals surface area contributed by atoms with Gasteiger partial charge in [-0.25, -0.2) is 4.79 Å². The van der Waals surface area contributed by atoms with Crippen LogP contribution in [-0.4, -0.2) is 23.2 Å². The number of aromatic nitrogens is 1. The average Bonchev–Trinajstić information content (AvgIpc) is 2.26. The summed E-state index contributed by atoms with van der Waals surface area (Å²) in [6.07, 6.45) is -4.94. The number of pyridine rings is 1. The number of carbonyl (C=O) groups is 1. The summed E-state index contributed by atoms with van der Waals surface area (Å²) in [5.41, 5.74) is -1.73. The van der Waals surface area contributed by atoms with E-state index in [1.807, 2.05) is 0 Å². The smallest absolute Gasteiger partial charge is 0.416 e. The SMILES string of the molecule is COC(=O)C(O)c1cnccc1C(F)(F)F. The van der Waals surface area contributed by atoms with Crippen molar-refractivity contribution >= 4 is 5.97 Å². The van der Waals surface area contributed by atoms with E-state index in [1.54, 1.807) is 0 Å². The van der Waals surface area contributed by atoms with E-state index in [4.69, 9.17) is 0 Å². The molecule has 0 aliphatic rings. The highest BCUT2D eigenvalue weighted by atomic mass is 19.4. The lowest BCUT2D eigenvalue weighted by Crippen LogP contribution is -2.19. The molecule has 16 heavy (non-hydrogen) atoms. The summed E-state index contributed by atoms with van der Waals surface area (Å²) in [5, 5.41) is 9.32. The third-order valence-corrected chi connectivity index (χ3v) is 1.88. The maximum Gasteiger partial charge on any atom is 0.416 e. The fourth-order valence-electron chi connectivity index (χ4n) is 1.12. The van der Waals surface area contributed by atoms with Crippen LogP contribution >= 0.6 is 0 Å². The van der Waals surface area contributed by atoms with Crippen molar-refractivity contribution < 1.29 is 27.8 Å². The van der Waals surface area contributed by atoms with Crippen LogP contribution in [-0.2, 0) is 15.7 Å². The minimum Gasteiger partial charge on any atom is -0.467 e. The van der Waals surface area contributed by atoms with Crippen molar-refractivity contribution in [1.82, 2.24) is 4.98 Å². The molecule has 1 aromatic heterocycles. The van der Waals surface area contributed by atoms with Crippen molar-refractivity contribution in [1.29, 1.82) is 0 Å². The van der Waals surface area contributed by atoms with Crippen LogP contribution in [0.25, 0.3) is 0 Å². The molecular weight excluding hydrogens is 227 g/mol. The van der Waals surface area contributed by atoms with Gasteiger partial charge in [0.2, 0.25) is 0 Å². The zero-order chi connectivity index (χ0) is 12.3. The molecule has 0 spiro atoms. The molecule has 0 bridgehead atoms. The lowest BCUT2D eigenvalue weighted by atomic mass is 10.1. The van der Waals surface area contributed by atoms with E-state index >= 15 is 0 Å². The van der Waals surface area contributed by atoms with E-state index in [9.17, 15) is 23.1 Å². The normalized spacial score (nSPS) is 13.3. The Kier molecular flexibility index (Phi) is 3.48. The number of rotatable bonds is 2. The maximum absolute atomic E-state index is 12.5. The molecule has 1 N–H and O–H groups in total. The van der Waals surface area contributed by atoms with Gasteiger partial charge in [0.05, 0.1) is 12.7 Å². The van der Waals surface area contributed by atoms with Crippen LogP contribution in [0.1, 0.15) is 17.2 Å². The molecule has 0 aliphatic carbocycles. The molecule has 0 amide bonds. The Balaban J connectivity index is 3.19. The van der Waals surface area contributed by atoms with Crippen molar-refractivity contribution in [3.63, 3.8) is 0 Å². The summed E-state index contributed by atoms with van der Waals surface area (Å²) < 4.78 is 41.6. The van der Waals surface area contributed by atoms with Gasteiger partial charge in [-0.05, 0) is 6.07 Å². The Morgan fingerprint density at radius 1 is 1.56 bits per heavy atom. The van der Waals surface area contributed by atoms with Crippen molar-refractivity contribution in [2.24, 2.45) is 0 Å². The third-order valence-electron chi connectivity index (χ3n) is 1.88. The average molecular weight is 235 g/mol. The van der Waals surface area contributed by atoms with Gasteiger partial charge in [-0.2, -0.15) is 13.2 Å².